The van der Waals surface area contributed by atoms with Crippen molar-refractivity contribution in [1.29, 1.82) is 0 Å². The molecule has 5 heteroatoms. The second-order valence-corrected chi connectivity index (χ2v) is 6.78. The Morgan fingerprint density at radius 3 is 2.57 bits per heavy atom. The van der Waals surface area contributed by atoms with Gasteiger partial charge in [-0.2, -0.15) is 0 Å². The van der Waals surface area contributed by atoms with Crippen molar-refractivity contribution in [3.05, 3.63) is 28.8 Å². The van der Waals surface area contributed by atoms with E-state index in [0.717, 1.165) is 43.4 Å². The van der Waals surface area contributed by atoms with Gasteiger partial charge in [0.15, 0.2) is 0 Å². The summed E-state index contributed by atoms with van der Waals surface area (Å²) in [6, 6.07) is 6.14. The number of rotatable bonds is 7. The molecule has 1 heterocycles. The molecule has 1 aromatic rings. The van der Waals surface area contributed by atoms with Gasteiger partial charge in [0.05, 0.1) is 13.2 Å². The number of methoxy groups -OCH3 is 2. The molecule has 1 aliphatic rings. The first-order valence-electron chi connectivity index (χ1n) is 8.20. The van der Waals surface area contributed by atoms with Gasteiger partial charge in [0.1, 0.15) is 5.75 Å². The van der Waals surface area contributed by atoms with Crippen LogP contribution >= 0.6 is 11.6 Å². The van der Waals surface area contributed by atoms with Gasteiger partial charge in [0.2, 0.25) is 0 Å². The largest absolute Gasteiger partial charge is 0.496 e. The van der Waals surface area contributed by atoms with E-state index in [1.165, 1.54) is 5.56 Å². The standard InChI is InChI=1S/C18H28ClNO3/c1-13(14(2)21-3)20-12-18(7-9-23-10-8-18)16-11-15(19)5-6-17(16)22-4/h5-6,11,13-14,20H,7-10,12H2,1-4H3/t13-,14-/m1/s1. The highest BCUT2D eigenvalue weighted by atomic mass is 35.5. The summed E-state index contributed by atoms with van der Waals surface area (Å²) in [7, 11) is 3.45. The fourth-order valence-corrected chi connectivity index (χ4v) is 3.30. The van der Waals surface area contributed by atoms with E-state index in [0.29, 0.717) is 0 Å². The predicted octanol–water partition coefficient (Wildman–Crippen LogP) is 3.41. The van der Waals surface area contributed by atoms with Crippen LogP contribution in [-0.4, -0.2) is 46.1 Å². The maximum absolute atomic E-state index is 6.26. The van der Waals surface area contributed by atoms with Gasteiger partial charge in [0, 0.05) is 48.9 Å². The van der Waals surface area contributed by atoms with Gasteiger partial charge >= 0.3 is 0 Å². The van der Waals surface area contributed by atoms with Gasteiger partial charge in [-0.3, -0.25) is 0 Å². The molecule has 1 saturated heterocycles. The number of benzene rings is 1. The van der Waals surface area contributed by atoms with E-state index in [9.17, 15) is 0 Å². The molecule has 2 rings (SSSR count). The summed E-state index contributed by atoms with van der Waals surface area (Å²) in [6.45, 7) is 6.59. The molecule has 0 aliphatic carbocycles. The van der Waals surface area contributed by atoms with Crippen molar-refractivity contribution in [2.24, 2.45) is 0 Å². The Morgan fingerprint density at radius 2 is 1.96 bits per heavy atom. The first-order valence-corrected chi connectivity index (χ1v) is 8.58. The molecule has 23 heavy (non-hydrogen) atoms. The first-order chi connectivity index (χ1) is 11.0. The fraction of sp³-hybridized carbons (Fsp3) is 0.667. The minimum atomic E-state index is -0.0315. The molecule has 1 fully saturated rings. The fourth-order valence-electron chi connectivity index (χ4n) is 3.12. The van der Waals surface area contributed by atoms with E-state index >= 15 is 0 Å². The van der Waals surface area contributed by atoms with E-state index in [2.05, 4.69) is 19.2 Å². The van der Waals surface area contributed by atoms with Crippen LogP contribution in [0.1, 0.15) is 32.3 Å². The number of halogens is 1. The first kappa shape index (κ1) is 18.5. The molecule has 0 unspecified atom stereocenters. The molecule has 1 aliphatic heterocycles. The monoisotopic (exact) mass is 341 g/mol. The zero-order chi connectivity index (χ0) is 16.9. The second-order valence-electron chi connectivity index (χ2n) is 6.35. The highest BCUT2D eigenvalue weighted by Gasteiger charge is 2.37. The topological polar surface area (TPSA) is 39.7 Å². The van der Waals surface area contributed by atoms with Crippen molar-refractivity contribution >= 4 is 11.6 Å². The van der Waals surface area contributed by atoms with Gasteiger partial charge in [-0.15, -0.1) is 0 Å². The van der Waals surface area contributed by atoms with Crippen LogP contribution in [0.5, 0.6) is 5.75 Å². The van der Waals surface area contributed by atoms with Crippen molar-refractivity contribution < 1.29 is 14.2 Å². The third-order valence-electron chi connectivity index (χ3n) is 5.02. The van der Waals surface area contributed by atoms with Crippen molar-refractivity contribution in [3.63, 3.8) is 0 Å². The second kappa shape index (κ2) is 8.34. The zero-order valence-corrected chi connectivity index (χ0v) is 15.3. The summed E-state index contributed by atoms with van der Waals surface area (Å²) in [5, 5.41) is 4.37. The van der Waals surface area contributed by atoms with E-state index < -0.39 is 0 Å². The van der Waals surface area contributed by atoms with Crippen molar-refractivity contribution in [3.8, 4) is 5.75 Å². The number of hydrogen-bond acceptors (Lipinski definition) is 4. The molecule has 0 spiro atoms. The van der Waals surface area contributed by atoms with E-state index in [-0.39, 0.29) is 17.6 Å². The lowest BCUT2D eigenvalue weighted by Gasteiger charge is -2.40. The van der Waals surface area contributed by atoms with Crippen LogP contribution in [0.2, 0.25) is 5.02 Å². The van der Waals surface area contributed by atoms with Crippen LogP contribution in [0.25, 0.3) is 0 Å². The van der Waals surface area contributed by atoms with E-state index in [1.807, 2.05) is 18.2 Å². The quantitative estimate of drug-likeness (QED) is 0.825. The van der Waals surface area contributed by atoms with Crippen LogP contribution in [0.15, 0.2) is 18.2 Å². The van der Waals surface area contributed by atoms with Crippen LogP contribution < -0.4 is 10.1 Å². The average molecular weight is 342 g/mol. The Balaban J connectivity index is 2.27. The van der Waals surface area contributed by atoms with Gasteiger partial charge in [-0.05, 0) is 44.9 Å². The molecule has 1 N–H and O–H groups in total. The van der Waals surface area contributed by atoms with Gasteiger partial charge in [-0.25, -0.2) is 0 Å². The lowest BCUT2D eigenvalue weighted by Crippen LogP contribution is -2.48. The Kier molecular flexibility index (Phi) is 6.72. The normalized spacial score (nSPS) is 20.0. The van der Waals surface area contributed by atoms with Crippen LogP contribution in [0.3, 0.4) is 0 Å². The zero-order valence-electron chi connectivity index (χ0n) is 14.5. The van der Waals surface area contributed by atoms with E-state index in [4.69, 9.17) is 25.8 Å². The maximum atomic E-state index is 6.26. The van der Waals surface area contributed by atoms with Gasteiger partial charge in [-0.1, -0.05) is 11.6 Å². The molecule has 0 bridgehead atoms. The number of hydrogen-bond donors (Lipinski definition) is 1. The summed E-state index contributed by atoms with van der Waals surface area (Å²) in [6.07, 6.45) is 2.06. The van der Waals surface area contributed by atoms with Crippen LogP contribution in [0.4, 0.5) is 0 Å². The summed E-state index contributed by atoms with van der Waals surface area (Å²) >= 11 is 6.26. The third kappa shape index (κ3) is 4.38. The van der Waals surface area contributed by atoms with Crippen LogP contribution in [0, 0.1) is 0 Å². The van der Waals surface area contributed by atoms with Crippen LogP contribution in [-0.2, 0) is 14.9 Å². The Morgan fingerprint density at radius 1 is 1.26 bits per heavy atom. The maximum Gasteiger partial charge on any atom is 0.122 e. The minimum Gasteiger partial charge on any atom is -0.496 e. The molecule has 0 amide bonds. The molecule has 4 nitrogen and oxygen atoms in total. The van der Waals surface area contributed by atoms with E-state index in [1.54, 1.807) is 14.2 Å². The molecular weight excluding hydrogens is 314 g/mol. The highest BCUT2D eigenvalue weighted by Crippen LogP contribution is 2.40. The average Bonchev–Trinajstić information content (AvgIpc) is 2.59. The highest BCUT2D eigenvalue weighted by molar-refractivity contribution is 6.30. The summed E-state index contributed by atoms with van der Waals surface area (Å²) in [5.74, 6) is 0.894. The summed E-state index contributed by atoms with van der Waals surface area (Å²) in [5.41, 5.74) is 1.14. The smallest absolute Gasteiger partial charge is 0.122 e. The SMILES string of the molecule is COc1ccc(Cl)cc1C1(CN[C@H](C)[C@@H](C)OC)CCOCC1. The Bertz CT molecular complexity index is 503. The molecule has 1 aromatic carbocycles. The lowest BCUT2D eigenvalue weighted by molar-refractivity contribution is 0.0421. The molecular formula is C18H28ClNO3. The van der Waals surface area contributed by atoms with Crippen molar-refractivity contribution in [1.82, 2.24) is 5.32 Å². The molecule has 0 saturated carbocycles. The summed E-state index contributed by atoms with van der Waals surface area (Å²) < 4.78 is 16.6. The molecule has 0 aromatic heterocycles. The lowest BCUT2D eigenvalue weighted by atomic mass is 9.73. The number of nitrogens with one attached hydrogen (secondary N) is 1. The molecule has 2 atom stereocenters. The number of ether oxygens (including phenoxy) is 3. The van der Waals surface area contributed by atoms with Gasteiger partial charge < -0.3 is 19.5 Å². The summed E-state index contributed by atoms with van der Waals surface area (Å²) in [4.78, 5) is 0. The van der Waals surface area contributed by atoms with Crippen molar-refractivity contribution in [2.75, 3.05) is 34.0 Å². The van der Waals surface area contributed by atoms with Gasteiger partial charge in [0.25, 0.3) is 0 Å². The Hall–Kier alpha value is -0.810. The molecule has 0 radical (unpaired) electrons. The van der Waals surface area contributed by atoms with Crippen molar-refractivity contribution in [2.45, 2.75) is 44.2 Å². The predicted molar refractivity (Wildman–Crippen MR) is 93.7 cm³/mol. The third-order valence-corrected chi connectivity index (χ3v) is 5.26. The minimum absolute atomic E-state index is 0.0315. The Labute approximate surface area is 144 Å². The molecule has 130 valence electrons.